The Bertz CT molecular complexity index is 650. The van der Waals surface area contributed by atoms with Crippen molar-refractivity contribution in [2.75, 3.05) is 5.32 Å². The van der Waals surface area contributed by atoms with E-state index < -0.39 is 24.0 Å². The lowest BCUT2D eigenvalue weighted by Crippen LogP contribution is -2.51. The Morgan fingerprint density at radius 2 is 2.00 bits per heavy atom. The predicted octanol–water partition coefficient (Wildman–Crippen LogP) is 2.21. The third-order valence-electron chi connectivity index (χ3n) is 4.24. The van der Waals surface area contributed by atoms with Crippen LogP contribution in [-0.4, -0.2) is 40.9 Å². The molecule has 0 aliphatic carbocycles. The summed E-state index contributed by atoms with van der Waals surface area (Å²) >= 11 is 3.33. The van der Waals surface area contributed by atoms with Gasteiger partial charge in [-0.2, -0.15) is 0 Å². The minimum atomic E-state index is -0.663. The van der Waals surface area contributed by atoms with E-state index >= 15 is 0 Å². The first-order valence-corrected chi connectivity index (χ1v) is 9.07. The monoisotopic (exact) mass is 410 g/mol. The fourth-order valence-electron chi connectivity index (χ4n) is 3.08. The molecule has 0 aromatic heterocycles. The number of carbonyl (C=O) groups excluding carboxylic acids is 3. The smallest absolute Gasteiger partial charge is 0.319 e. The standard InChI is InChI=1S/C17H23BrN4O3/c1-3-4-14(15(19)23)22-10(2)9-13(16(22)24)21-17(25)20-12-7-5-11(18)6-8-12/h5-8,10,13-14H,3-4,9H2,1-2H3,(H2,19,23)(H2,20,21,25)/t10?,13-,14-/m0/s1. The molecule has 1 aliphatic rings. The van der Waals surface area contributed by atoms with Crippen molar-refractivity contribution in [2.45, 2.75) is 51.2 Å². The number of nitrogens with two attached hydrogens (primary N) is 1. The van der Waals surface area contributed by atoms with Crippen LogP contribution in [0.25, 0.3) is 0 Å². The number of anilines is 1. The maximum atomic E-state index is 12.6. The van der Waals surface area contributed by atoms with Gasteiger partial charge in [-0.15, -0.1) is 0 Å². The Balaban J connectivity index is 2.01. The Labute approximate surface area is 155 Å². The van der Waals surface area contributed by atoms with Crippen molar-refractivity contribution in [3.05, 3.63) is 28.7 Å². The third kappa shape index (κ3) is 4.72. The quantitative estimate of drug-likeness (QED) is 0.669. The van der Waals surface area contributed by atoms with Crippen LogP contribution in [0.1, 0.15) is 33.1 Å². The van der Waals surface area contributed by atoms with Crippen molar-refractivity contribution in [3.63, 3.8) is 0 Å². The minimum Gasteiger partial charge on any atom is -0.368 e. The number of rotatable bonds is 6. The fourth-order valence-corrected chi connectivity index (χ4v) is 3.35. The lowest BCUT2D eigenvalue weighted by Gasteiger charge is -2.29. The SMILES string of the molecule is CCC[C@@H](C(N)=O)N1C(=O)[C@@H](NC(=O)Nc2ccc(Br)cc2)CC1C. The average molecular weight is 411 g/mol. The van der Waals surface area contributed by atoms with Crippen molar-refractivity contribution in [3.8, 4) is 0 Å². The van der Waals surface area contributed by atoms with E-state index in [9.17, 15) is 14.4 Å². The summed E-state index contributed by atoms with van der Waals surface area (Å²) in [6, 6.07) is 5.21. The molecule has 1 unspecified atom stereocenters. The molecule has 4 N–H and O–H groups in total. The normalized spacial score (nSPS) is 21.1. The van der Waals surface area contributed by atoms with Gasteiger partial charge in [0.2, 0.25) is 11.8 Å². The van der Waals surface area contributed by atoms with Crippen LogP contribution in [0.15, 0.2) is 28.7 Å². The first kappa shape index (κ1) is 19.2. The van der Waals surface area contributed by atoms with Crippen LogP contribution in [0.4, 0.5) is 10.5 Å². The lowest BCUT2D eigenvalue weighted by atomic mass is 10.1. The molecule has 0 radical (unpaired) electrons. The van der Waals surface area contributed by atoms with E-state index in [1.54, 1.807) is 12.1 Å². The number of nitrogens with one attached hydrogen (secondary N) is 2. The van der Waals surface area contributed by atoms with Crippen LogP contribution in [0.2, 0.25) is 0 Å². The number of benzene rings is 1. The largest absolute Gasteiger partial charge is 0.368 e. The molecule has 0 saturated carbocycles. The van der Waals surface area contributed by atoms with Crippen LogP contribution in [0.3, 0.4) is 0 Å². The van der Waals surface area contributed by atoms with Crippen LogP contribution in [0.5, 0.6) is 0 Å². The van der Waals surface area contributed by atoms with Gasteiger partial charge in [-0.25, -0.2) is 4.79 Å². The molecular weight excluding hydrogens is 388 g/mol. The van der Waals surface area contributed by atoms with E-state index in [-0.39, 0.29) is 11.9 Å². The van der Waals surface area contributed by atoms with Crippen molar-refractivity contribution in [1.29, 1.82) is 0 Å². The predicted molar refractivity (Wildman–Crippen MR) is 98.9 cm³/mol. The zero-order valence-electron chi connectivity index (χ0n) is 14.3. The summed E-state index contributed by atoms with van der Waals surface area (Å²) in [6.07, 6.45) is 1.70. The third-order valence-corrected chi connectivity index (χ3v) is 4.77. The van der Waals surface area contributed by atoms with Gasteiger partial charge in [0.05, 0.1) is 0 Å². The molecule has 7 nitrogen and oxygen atoms in total. The van der Waals surface area contributed by atoms with Gasteiger partial charge in [-0.3, -0.25) is 9.59 Å². The Morgan fingerprint density at radius 1 is 1.36 bits per heavy atom. The summed E-state index contributed by atoms with van der Waals surface area (Å²) < 4.78 is 0.905. The van der Waals surface area contributed by atoms with Crippen LogP contribution in [-0.2, 0) is 9.59 Å². The number of hydrogen-bond acceptors (Lipinski definition) is 3. The highest BCUT2D eigenvalue weighted by molar-refractivity contribution is 9.10. The molecule has 4 amide bonds. The van der Waals surface area contributed by atoms with Crippen molar-refractivity contribution < 1.29 is 14.4 Å². The zero-order valence-corrected chi connectivity index (χ0v) is 15.9. The number of likely N-dealkylation sites (tertiary alicyclic amines) is 1. The molecule has 25 heavy (non-hydrogen) atoms. The second-order valence-corrected chi connectivity index (χ2v) is 7.11. The first-order valence-electron chi connectivity index (χ1n) is 8.28. The molecule has 0 bridgehead atoms. The summed E-state index contributed by atoms with van der Waals surface area (Å²) in [5, 5.41) is 5.37. The van der Waals surface area contributed by atoms with Crippen molar-refractivity contribution in [1.82, 2.24) is 10.2 Å². The molecule has 8 heteroatoms. The second-order valence-electron chi connectivity index (χ2n) is 6.20. The Morgan fingerprint density at radius 3 is 2.56 bits per heavy atom. The molecule has 2 rings (SSSR count). The number of primary amides is 1. The molecule has 3 atom stereocenters. The van der Waals surface area contributed by atoms with E-state index in [0.29, 0.717) is 18.5 Å². The zero-order chi connectivity index (χ0) is 18.6. The number of nitrogens with zero attached hydrogens (tertiary/aromatic N) is 1. The molecule has 0 spiro atoms. The average Bonchev–Trinajstić information content (AvgIpc) is 2.81. The Hall–Kier alpha value is -2.09. The van der Waals surface area contributed by atoms with Gasteiger partial charge in [0.25, 0.3) is 0 Å². The number of urea groups is 1. The van der Waals surface area contributed by atoms with Crippen molar-refractivity contribution in [2.24, 2.45) is 5.73 Å². The van der Waals surface area contributed by atoms with Gasteiger partial charge in [-0.1, -0.05) is 29.3 Å². The number of hydrogen-bond donors (Lipinski definition) is 3. The van der Waals surface area contributed by atoms with Crippen LogP contribution >= 0.6 is 15.9 Å². The molecule has 1 heterocycles. The van der Waals surface area contributed by atoms with Gasteiger partial charge in [0.1, 0.15) is 12.1 Å². The highest BCUT2D eigenvalue weighted by Crippen LogP contribution is 2.24. The number of halogens is 1. The minimum absolute atomic E-state index is 0.158. The first-order chi connectivity index (χ1) is 11.8. The summed E-state index contributed by atoms with van der Waals surface area (Å²) in [6.45, 7) is 3.79. The molecule has 1 aromatic rings. The van der Waals surface area contributed by atoms with Gasteiger partial charge in [0.15, 0.2) is 0 Å². The van der Waals surface area contributed by atoms with Crippen LogP contribution in [0, 0.1) is 0 Å². The second kappa shape index (κ2) is 8.33. The maximum absolute atomic E-state index is 12.6. The van der Waals surface area contributed by atoms with Gasteiger partial charge < -0.3 is 21.3 Å². The molecule has 1 aliphatic heterocycles. The molecule has 1 fully saturated rings. The summed E-state index contributed by atoms with van der Waals surface area (Å²) in [5.41, 5.74) is 6.07. The Kier molecular flexibility index (Phi) is 6.41. The molecule has 1 saturated heterocycles. The maximum Gasteiger partial charge on any atom is 0.319 e. The van der Waals surface area contributed by atoms with Crippen LogP contribution < -0.4 is 16.4 Å². The van der Waals surface area contributed by atoms with E-state index in [1.807, 2.05) is 26.0 Å². The van der Waals surface area contributed by atoms with E-state index in [2.05, 4.69) is 26.6 Å². The van der Waals surface area contributed by atoms with Gasteiger partial charge >= 0.3 is 6.03 Å². The van der Waals surface area contributed by atoms with E-state index in [0.717, 1.165) is 10.9 Å². The molecule has 136 valence electrons. The van der Waals surface area contributed by atoms with Gasteiger partial charge in [-0.05, 0) is 44.0 Å². The van der Waals surface area contributed by atoms with Gasteiger partial charge in [0, 0.05) is 16.2 Å². The number of amides is 4. The summed E-state index contributed by atoms with van der Waals surface area (Å²) in [7, 11) is 0. The highest BCUT2D eigenvalue weighted by atomic mass is 79.9. The highest BCUT2D eigenvalue weighted by Gasteiger charge is 2.42. The number of carbonyl (C=O) groups is 3. The van der Waals surface area contributed by atoms with Crippen molar-refractivity contribution >= 4 is 39.5 Å². The van der Waals surface area contributed by atoms with E-state index in [4.69, 9.17) is 5.73 Å². The summed E-state index contributed by atoms with van der Waals surface area (Å²) in [5.74, 6) is -0.780. The molecular formula is C17H23BrN4O3. The topological polar surface area (TPSA) is 105 Å². The molecule has 1 aromatic carbocycles. The van der Waals surface area contributed by atoms with E-state index in [1.165, 1.54) is 4.90 Å². The lowest BCUT2D eigenvalue weighted by molar-refractivity contribution is -0.138. The summed E-state index contributed by atoms with van der Waals surface area (Å²) in [4.78, 5) is 38.0. The fraction of sp³-hybridized carbons (Fsp3) is 0.471.